The van der Waals surface area contributed by atoms with Crippen molar-refractivity contribution in [2.75, 3.05) is 40.3 Å². The number of rotatable bonds is 7. The number of unbranched alkanes of at least 4 members (excludes halogenated alkanes) is 1. The van der Waals surface area contributed by atoms with Crippen LogP contribution >= 0.6 is 0 Å². The molecule has 1 fully saturated rings. The van der Waals surface area contributed by atoms with Gasteiger partial charge in [-0.15, -0.1) is 0 Å². The van der Waals surface area contributed by atoms with Crippen molar-refractivity contribution < 1.29 is 0 Å². The summed E-state index contributed by atoms with van der Waals surface area (Å²) in [4.78, 5) is 4.95. The van der Waals surface area contributed by atoms with Crippen molar-refractivity contribution in [3.05, 3.63) is 0 Å². The Morgan fingerprint density at radius 2 is 1.94 bits per heavy atom. The van der Waals surface area contributed by atoms with Gasteiger partial charge in [0.15, 0.2) is 0 Å². The summed E-state index contributed by atoms with van der Waals surface area (Å²) in [6.45, 7) is 7.18. The average molecular weight is 241 g/mol. The van der Waals surface area contributed by atoms with Crippen LogP contribution < -0.4 is 5.73 Å². The van der Waals surface area contributed by atoms with E-state index in [0.717, 1.165) is 5.92 Å². The van der Waals surface area contributed by atoms with E-state index in [0.29, 0.717) is 6.04 Å². The second-order valence-electron chi connectivity index (χ2n) is 5.98. The molecular formula is C14H31N3. The molecule has 0 aromatic carbocycles. The third-order valence-corrected chi connectivity index (χ3v) is 3.86. The summed E-state index contributed by atoms with van der Waals surface area (Å²) < 4.78 is 0. The topological polar surface area (TPSA) is 32.5 Å². The molecule has 0 aromatic heterocycles. The predicted octanol–water partition coefficient (Wildman–Crippen LogP) is 1.78. The summed E-state index contributed by atoms with van der Waals surface area (Å²) >= 11 is 0. The lowest BCUT2D eigenvalue weighted by atomic mass is 9.96. The van der Waals surface area contributed by atoms with E-state index in [1.165, 1.54) is 58.3 Å². The molecule has 1 aliphatic rings. The number of hydrogen-bond donors (Lipinski definition) is 1. The molecule has 1 rings (SSSR count). The molecule has 0 aromatic rings. The molecule has 0 amide bonds. The third kappa shape index (κ3) is 7.02. The maximum absolute atomic E-state index is 5.75. The minimum atomic E-state index is 0.370. The van der Waals surface area contributed by atoms with Gasteiger partial charge in [-0.1, -0.05) is 6.42 Å². The van der Waals surface area contributed by atoms with Crippen molar-refractivity contribution in [3.8, 4) is 0 Å². The Balaban J connectivity index is 2.02. The van der Waals surface area contributed by atoms with Crippen molar-refractivity contribution in [2.45, 2.75) is 45.1 Å². The van der Waals surface area contributed by atoms with Gasteiger partial charge in [0.1, 0.15) is 0 Å². The summed E-state index contributed by atoms with van der Waals surface area (Å²) in [5.41, 5.74) is 5.75. The second kappa shape index (κ2) is 8.06. The number of nitrogens with zero attached hydrogens (tertiary/aromatic N) is 2. The van der Waals surface area contributed by atoms with E-state index in [2.05, 4.69) is 30.8 Å². The van der Waals surface area contributed by atoms with Crippen molar-refractivity contribution >= 4 is 0 Å². The summed E-state index contributed by atoms with van der Waals surface area (Å²) in [5, 5.41) is 0. The molecule has 1 heterocycles. The highest BCUT2D eigenvalue weighted by Crippen LogP contribution is 2.16. The van der Waals surface area contributed by atoms with Crippen LogP contribution in [0.15, 0.2) is 0 Å². The van der Waals surface area contributed by atoms with Crippen molar-refractivity contribution in [3.63, 3.8) is 0 Å². The van der Waals surface area contributed by atoms with Crippen LogP contribution in [0.4, 0.5) is 0 Å². The lowest BCUT2D eigenvalue weighted by Crippen LogP contribution is -2.36. The first-order valence-corrected chi connectivity index (χ1v) is 7.20. The smallest absolute Gasteiger partial charge is 0.00104 e. The second-order valence-corrected chi connectivity index (χ2v) is 5.98. The molecule has 1 atom stereocenters. The van der Waals surface area contributed by atoms with Crippen LogP contribution in [-0.2, 0) is 0 Å². The Kier molecular flexibility index (Phi) is 7.09. The van der Waals surface area contributed by atoms with Crippen LogP contribution in [-0.4, -0.2) is 56.1 Å². The standard InChI is InChI=1S/C14H31N3/c1-13(15)6-4-5-9-17(3)12-14-7-10-16(2)11-8-14/h13-14H,4-12,15H2,1-3H3. The van der Waals surface area contributed by atoms with Gasteiger partial charge < -0.3 is 15.5 Å². The number of nitrogens with two attached hydrogens (primary N) is 1. The number of likely N-dealkylation sites (tertiary alicyclic amines) is 1. The van der Waals surface area contributed by atoms with Crippen LogP contribution in [0.2, 0.25) is 0 Å². The predicted molar refractivity (Wildman–Crippen MR) is 75.2 cm³/mol. The monoisotopic (exact) mass is 241 g/mol. The molecule has 3 heteroatoms. The molecule has 1 unspecified atom stereocenters. The van der Waals surface area contributed by atoms with Crippen LogP contribution in [0.3, 0.4) is 0 Å². The highest BCUT2D eigenvalue weighted by Gasteiger charge is 2.17. The van der Waals surface area contributed by atoms with E-state index < -0.39 is 0 Å². The van der Waals surface area contributed by atoms with E-state index in [4.69, 9.17) is 5.73 Å². The van der Waals surface area contributed by atoms with Gasteiger partial charge in [0.05, 0.1) is 0 Å². The fourth-order valence-electron chi connectivity index (χ4n) is 2.62. The number of piperidine rings is 1. The normalized spacial score (nSPS) is 21.0. The van der Waals surface area contributed by atoms with E-state index in [1.54, 1.807) is 0 Å². The first-order chi connectivity index (χ1) is 8.08. The zero-order chi connectivity index (χ0) is 12.7. The fourth-order valence-corrected chi connectivity index (χ4v) is 2.62. The van der Waals surface area contributed by atoms with E-state index in [9.17, 15) is 0 Å². The van der Waals surface area contributed by atoms with Gasteiger partial charge in [0.2, 0.25) is 0 Å². The molecule has 17 heavy (non-hydrogen) atoms. The van der Waals surface area contributed by atoms with E-state index in [-0.39, 0.29) is 0 Å². The summed E-state index contributed by atoms with van der Waals surface area (Å²) in [6, 6.07) is 0.370. The fraction of sp³-hybridized carbons (Fsp3) is 1.00. The van der Waals surface area contributed by atoms with Gasteiger partial charge in [0, 0.05) is 12.6 Å². The molecule has 0 radical (unpaired) electrons. The molecule has 1 saturated heterocycles. The van der Waals surface area contributed by atoms with Crippen molar-refractivity contribution in [1.82, 2.24) is 9.80 Å². The Labute approximate surface area is 107 Å². The highest BCUT2D eigenvalue weighted by atomic mass is 15.1. The molecule has 0 saturated carbocycles. The molecule has 3 nitrogen and oxygen atoms in total. The van der Waals surface area contributed by atoms with Crippen molar-refractivity contribution in [2.24, 2.45) is 11.7 Å². The molecular weight excluding hydrogens is 210 g/mol. The van der Waals surface area contributed by atoms with Crippen LogP contribution in [0.25, 0.3) is 0 Å². The summed E-state index contributed by atoms with van der Waals surface area (Å²) in [7, 11) is 4.50. The van der Waals surface area contributed by atoms with Gasteiger partial charge in [-0.05, 0) is 72.3 Å². The van der Waals surface area contributed by atoms with Crippen LogP contribution in [0.1, 0.15) is 39.0 Å². The maximum atomic E-state index is 5.75. The van der Waals surface area contributed by atoms with Gasteiger partial charge in [-0.2, -0.15) is 0 Å². The third-order valence-electron chi connectivity index (χ3n) is 3.86. The maximum Gasteiger partial charge on any atom is 0.00104 e. The Morgan fingerprint density at radius 3 is 2.53 bits per heavy atom. The molecule has 0 bridgehead atoms. The minimum Gasteiger partial charge on any atom is -0.328 e. The zero-order valence-corrected chi connectivity index (χ0v) is 12.0. The van der Waals surface area contributed by atoms with Gasteiger partial charge in [-0.3, -0.25) is 0 Å². The molecule has 2 N–H and O–H groups in total. The summed E-state index contributed by atoms with van der Waals surface area (Å²) in [6.07, 6.45) is 6.49. The first kappa shape index (κ1) is 14.9. The highest BCUT2D eigenvalue weighted by molar-refractivity contribution is 4.72. The lowest BCUT2D eigenvalue weighted by molar-refractivity contribution is 0.175. The van der Waals surface area contributed by atoms with Gasteiger partial charge >= 0.3 is 0 Å². The van der Waals surface area contributed by atoms with Crippen LogP contribution in [0, 0.1) is 5.92 Å². The minimum absolute atomic E-state index is 0.370. The molecule has 102 valence electrons. The van der Waals surface area contributed by atoms with E-state index >= 15 is 0 Å². The molecule has 0 spiro atoms. The Bertz CT molecular complexity index is 186. The van der Waals surface area contributed by atoms with Crippen LogP contribution in [0.5, 0.6) is 0 Å². The zero-order valence-electron chi connectivity index (χ0n) is 12.0. The van der Waals surface area contributed by atoms with E-state index in [1.807, 2.05) is 0 Å². The SMILES string of the molecule is CC(N)CCCCN(C)CC1CCN(C)CC1. The Morgan fingerprint density at radius 1 is 1.29 bits per heavy atom. The first-order valence-electron chi connectivity index (χ1n) is 7.20. The number of hydrogen-bond acceptors (Lipinski definition) is 3. The Hall–Kier alpha value is -0.120. The quantitative estimate of drug-likeness (QED) is 0.690. The van der Waals surface area contributed by atoms with Gasteiger partial charge in [0.25, 0.3) is 0 Å². The summed E-state index contributed by atoms with van der Waals surface area (Å²) in [5.74, 6) is 0.921. The lowest BCUT2D eigenvalue weighted by Gasteiger charge is -2.31. The molecule has 1 aliphatic heterocycles. The average Bonchev–Trinajstić information content (AvgIpc) is 2.27. The van der Waals surface area contributed by atoms with Crippen molar-refractivity contribution in [1.29, 1.82) is 0 Å². The largest absolute Gasteiger partial charge is 0.328 e. The van der Waals surface area contributed by atoms with Gasteiger partial charge in [-0.25, -0.2) is 0 Å². The molecule has 0 aliphatic carbocycles.